The number of halogens is 3. The first kappa shape index (κ1) is 12.8. The zero-order chi connectivity index (χ0) is 13.4. The number of carbonyl (C=O) groups is 2. The Morgan fingerprint density at radius 1 is 1.44 bits per heavy atom. The number of amides is 2. The molecule has 1 heterocycles. The van der Waals surface area contributed by atoms with Crippen LogP contribution in [0.4, 0.5) is 14.5 Å². The van der Waals surface area contributed by atoms with Crippen molar-refractivity contribution in [1.82, 2.24) is 0 Å². The Morgan fingerprint density at radius 2 is 2.11 bits per heavy atom. The molecule has 1 unspecified atom stereocenters. The maximum atomic E-state index is 13.3. The number of primary amides is 1. The number of nitrogens with two attached hydrogens (primary N) is 1. The second-order valence-corrected chi connectivity index (χ2v) is 4.38. The molecule has 0 aromatic heterocycles. The fourth-order valence-corrected chi connectivity index (χ4v) is 2.11. The van der Waals surface area contributed by atoms with E-state index in [4.69, 9.17) is 17.3 Å². The van der Waals surface area contributed by atoms with E-state index in [2.05, 4.69) is 0 Å². The minimum absolute atomic E-state index is 0.0267. The molecular weight excluding hydrogens is 266 g/mol. The average molecular weight is 275 g/mol. The highest BCUT2D eigenvalue weighted by molar-refractivity contribution is 6.34. The molecular formula is C11H9ClF2N2O2. The molecule has 96 valence electrons. The van der Waals surface area contributed by atoms with Crippen LogP contribution in [0.1, 0.15) is 6.42 Å². The van der Waals surface area contributed by atoms with Gasteiger partial charge in [-0.15, -0.1) is 0 Å². The van der Waals surface area contributed by atoms with Crippen molar-refractivity contribution in [3.63, 3.8) is 0 Å². The van der Waals surface area contributed by atoms with Crippen molar-refractivity contribution >= 4 is 29.1 Å². The zero-order valence-electron chi connectivity index (χ0n) is 9.12. The molecule has 1 saturated heterocycles. The van der Waals surface area contributed by atoms with Crippen LogP contribution in [-0.2, 0) is 9.59 Å². The number of hydrogen-bond donors (Lipinski definition) is 1. The van der Waals surface area contributed by atoms with Gasteiger partial charge in [-0.25, -0.2) is 8.78 Å². The predicted molar refractivity (Wildman–Crippen MR) is 61.0 cm³/mol. The molecule has 0 aliphatic carbocycles. The number of hydrogen-bond acceptors (Lipinski definition) is 2. The van der Waals surface area contributed by atoms with Crippen molar-refractivity contribution in [3.05, 3.63) is 28.8 Å². The second-order valence-electron chi connectivity index (χ2n) is 4.00. The van der Waals surface area contributed by atoms with E-state index in [-0.39, 0.29) is 18.7 Å². The molecule has 4 nitrogen and oxygen atoms in total. The van der Waals surface area contributed by atoms with Gasteiger partial charge in [-0.2, -0.15) is 0 Å². The highest BCUT2D eigenvalue weighted by Crippen LogP contribution is 2.33. The van der Waals surface area contributed by atoms with Crippen LogP contribution in [0.25, 0.3) is 0 Å². The molecule has 0 saturated carbocycles. The lowest BCUT2D eigenvalue weighted by Gasteiger charge is -2.18. The first-order chi connectivity index (χ1) is 8.41. The molecule has 0 radical (unpaired) electrons. The third-order valence-electron chi connectivity index (χ3n) is 2.83. The molecule has 1 aromatic carbocycles. The minimum Gasteiger partial charge on any atom is -0.369 e. The van der Waals surface area contributed by atoms with E-state index in [1.165, 1.54) is 6.07 Å². The molecule has 2 N–H and O–H groups in total. The summed E-state index contributed by atoms with van der Waals surface area (Å²) in [6.45, 7) is 0.0267. The number of anilines is 1. The fraction of sp³-hybridized carbons (Fsp3) is 0.273. The summed E-state index contributed by atoms with van der Waals surface area (Å²) in [5.74, 6) is -3.95. The lowest BCUT2D eigenvalue weighted by atomic mass is 10.1. The fourth-order valence-electron chi connectivity index (χ4n) is 1.86. The Morgan fingerprint density at radius 3 is 2.67 bits per heavy atom. The molecule has 1 aliphatic heterocycles. The zero-order valence-corrected chi connectivity index (χ0v) is 9.88. The predicted octanol–water partition coefficient (Wildman–Crippen LogP) is 1.46. The van der Waals surface area contributed by atoms with Gasteiger partial charge in [0.25, 0.3) is 0 Å². The van der Waals surface area contributed by atoms with Crippen molar-refractivity contribution in [2.75, 3.05) is 11.4 Å². The molecule has 2 amide bonds. The van der Waals surface area contributed by atoms with E-state index in [9.17, 15) is 18.4 Å². The molecule has 1 fully saturated rings. The smallest absolute Gasteiger partial charge is 0.227 e. The summed E-state index contributed by atoms with van der Waals surface area (Å²) in [6.07, 6.45) is -0.0509. The summed E-state index contributed by atoms with van der Waals surface area (Å²) in [6, 6.07) is 2.07. The van der Waals surface area contributed by atoms with Crippen LogP contribution in [0.5, 0.6) is 0 Å². The van der Waals surface area contributed by atoms with Gasteiger partial charge in [0.15, 0.2) is 11.6 Å². The Labute approximate surface area is 106 Å². The SMILES string of the molecule is NC(=O)C1CC(=O)N(c2ccc(F)c(F)c2Cl)C1. The molecule has 1 atom stereocenters. The molecule has 7 heteroatoms. The van der Waals surface area contributed by atoms with Crippen LogP contribution >= 0.6 is 11.6 Å². The summed E-state index contributed by atoms with van der Waals surface area (Å²) >= 11 is 5.65. The number of nitrogens with zero attached hydrogens (tertiary/aromatic N) is 1. The van der Waals surface area contributed by atoms with Gasteiger partial charge in [0.1, 0.15) is 5.02 Å². The number of carbonyl (C=O) groups excluding carboxylic acids is 2. The van der Waals surface area contributed by atoms with Crippen molar-refractivity contribution in [2.24, 2.45) is 11.7 Å². The summed E-state index contributed by atoms with van der Waals surface area (Å²) in [5, 5.41) is -0.478. The van der Waals surface area contributed by atoms with Crippen LogP contribution < -0.4 is 10.6 Å². The third-order valence-corrected chi connectivity index (χ3v) is 3.19. The van der Waals surface area contributed by atoms with E-state index in [1.54, 1.807) is 0 Å². The third kappa shape index (κ3) is 2.03. The van der Waals surface area contributed by atoms with E-state index in [1.807, 2.05) is 0 Å². The van der Waals surface area contributed by atoms with Crippen molar-refractivity contribution in [2.45, 2.75) is 6.42 Å². The van der Waals surface area contributed by atoms with Crippen LogP contribution in [0.15, 0.2) is 12.1 Å². The molecule has 1 aliphatic rings. The average Bonchev–Trinajstić information content (AvgIpc) is 2.69. The first-order valence-corrected chi connectivity index (χ1v) is 5.52. The Bertz CT molecular complexity index is 536. The van der Waals surface area contributed by atoms with Crippen LogP contribution in [0.2, 0.25) is 5.02 Å². The van der Waals surface area contributed by atoms with E-state index >= 15 is 0 Å². The van der Waals surface area contributed by atoms with E-state index in [0.29, 0.717) is 0 Å². The standard InChI is InChI=1S/C11H9ClF2N2O2/c12-9-7(2-1-6(13)10(9)14)16-4-5(11(15)18)3-8(16)17/h1-2,5H,3-4H2,(H2,15,18). The second kappa shape index (κ2) is 4.53. The minimum atomic E-state index is -1.22. The number of rotatable bonds is 2. The lowest BCUT2D eigenvalue weighted by molar-refractivity contribution is -0.123. The quantitative estimate of drug-likeness (QED) is 0.830. The van der Waals surface area contributed by atoms with Gasteiger partial charge in [-0.3, -0.25) is 9.59 Å². The first-order valence-electron chi connectivity index (χ1n) is 5.15. The van der Waals surface area contributed by atoms with Gasteiger partial charge < -0.3 is 10.6 Å². The Balaban J connectivity index is 2.36. The van der Waals surface area contributed by atoms with Gasteiger partial charge in [-0.1, -0.05) is 11.6 Å². The largest absolute Gasteiger partial charge is 0.369 e. The van der Waals surface area contributed by atoms with Crippen molar-refractivity contribution in [1.29, 1.82) is 0 Å². The Kier molecular flexibility index (Phi) is 3.21. The van der Waals surface area contributed by atoms with Crippen molar-refractivity contribution in [3.8, 4) is 0 Å². The summed E-state index contributed by atoms with van der Waals surface area (Å²) < 4.78 is 26.2. The summed E-state index contributed by atoms with van der Waals surface area (Å²) in [4.78, 5) is 23.8. The number of benzene rings is 1. The van der Waals surface area contributed by atoms with Crippen LogP contribution in [-0.4, -0.2) is 18.4 Å². The topological polar surface area (TPSA) is 63.4 Å². The lowest BCUT2D eigenvalue weighted by Crippen LogP contribution is -2.28. The van der Waals surface area contributed by atoms with Gasteiger partial charge in [0, 0.05) is 13.0 Å². The van der Waals surface area contributed by atoms with Gasteiger partial charge >= 0.3 is 0 Å². The van der Waals surface area contributed by atoms with Gasteiger partial charge in [-0.05, 0) is 12.1 Å². The van der Waals surface area contributed by atoms with E-state index < -0.39 is 34.4 Å². The summed E-state index contributed by atoms with van der Waals surface area (Å²) in [7, 11) is 0. The molecule has 0 spiro atoms. The molecule has 0 bridgehead atoms. The normalized spacial score (nSPS) is 19.4. The van der Waals surface area contributed by atoms with Gasteiger partial charge in [0.2, 0.25) is 11.8 Å². The highest BCUT2D eigenvalue weighted by atomic mass is 35.5. The Hall–Kier alpha value is -1.69. The molecule has 18 heavy (non-hydrogen) atoms. The maximum absolute atomic E-state index is 13.3. The van der Waals surface area contributed by atoms with E-state index in [0.717, 1.165) is 11.0 Å². The maximum Gasteiger partial charge on any atom is 0.227 e. The van der Waals surface area contributed by atoms with Crippen LogP contribution in [0.3, 0.4) is 0 Å². The van der Waals surface area contributed by atoms with Crippen LogP contribution in [0, 0.1) is 17.6 Å². The monoisotopic (exact) mass is 274 g/mol. The highest BCUT2D eigenvalue weighted by Gasteiger charge is 2.35. The molecule has 1 aromatic rings. The van der Waals surface area contributed by atoms with Gasteiger partial charge in [0.05, 0.1) is 11.6 Å². The molecule has 2 rings (SSSR count). The van der Waals surface area contributed by atoms with Crippen molar-refractivity contribution < 1.29 is 18.4 Å². The summed E-state index contributed by atoms with van der Waals surface area (Å²) in [5.41, 5.74) is 5.15.